The normalized spacial score (nSPS) is 9.94. The third kappa shape index (κ3) is 18.2. The lowest BCUT2D eigenvalue weighted by molar-refractivity contribution is 0.171. The summed E-state index contributed by atoms with van der Waals surface area (Å²) in [4.78, 5) is 10.3. The minimum absolute atomic E-state index is 0.520. The third-order valence-corrected chi connectivity index (χ3v) is 1.13. The number of amides is 1. The first-order valence-corrected chi connectivity index (χ1v) is 4.70. The van der Waals surface area contributed by atoms with E-state index in [0.29, 0.717) is 19.5 Å². The van der Waals surface area contributed by atoms with Crippen LogP contribution in [0.15, 0.2) is 10.2 Å². The molecule has 1 amide bonds. The van der Waals surface area contributed by atoms with E-state index in [-0.39, 0.29) is 0 Å². The van der Waals surface area contributed by atoms with Gasteiger partial charge < -0.3 is 22.0 Å². The van der Waals surface area contributed by atoms with E-state index in [1.54, 1.807) is 6.21 Å². The van der Waals surface area contributed by atoms with Crippen molar-refractivity contribution in [3.63, 3.8) is 0 Å². The molecule has 0 unspecified atom stereocenters. The summed E-state index contributed by atoms with van der Waals surface area (Å²) in [5.74, 6) is 4.73. The first-order valence-electron chi connectivity index (χ1n) is 4.70. The highest BCUT2D eigenvalue weighted by Crippen LogP contribution is 1.70. The Hall–Kier alpha value is -1.67. The van der Waals surface area contributed by atoms with Crippen LogP contribution in [0.2, 0.25) is 0 Å². The maximum atomic E-state index is 10.3. The quantitative estimate of drug-likeness (QED) is 0.272. The number of nitrogens with one attached hydrogen (secondary N) is 1. The number of carbonyl (C=O) groups excluding carboxylic acids is 1. The monoisotopic (exact) mass is 232 g/mol. The van der Waals surface area contributed by atoms with E-state index in [9.17, 15) is 4.79 Å². The molecule has 0 aromatic carbocycles. The molecule has 0 aliphatic heterocycles. The summed E-state index contributed by atoms with van der Waals surface area (Å²) in [7, 11) is 1.27. The predicted molar refractivity (Wildman–Crippen MR) is 64.1 cm³/mol. The molecule has 0 bridgehead atoms. The number of carbonyl (C=O) groups is 1. The Morgan fingerprint density at radius 1 is 1.31 bits per heavy atom. The molecule has 0 atom stereocenters. The van der Waals surface area contributed by atoms with Crippen molar-refractivity contribution in [3.8, 4) is 0 Å². The van der Waals surface area contributed by atoms with Gasteiger partial charge in [-0.05, 0) is 25.9 Å². The zero-order chi connectivity index (χ0) is 12.6. The minimum Gasteiger partial charge on any atom is -0.452 e. The molecule has 0 radical (unpaired) electrons. The van der Waals surface area contributed by atoms with E-state index in [1.165, 1.54) is 13.3 Å². The van der Waals surface area contributed by atoms with Crippen LogP contribution in [0.5, 0.6) is 0 Å². The number of methoxy groups -OCH3 is 1. The predicted octanol–water partition coefficient (Wildman–Crippen LogP) is -1.04. The van der Waals surface area contributed by atoms with Crippen LogP contribution < -0.4 is 22.7 Å². The molecule has 0 aliphatic carbocycles. The summed E-state index contributed by atoms with van der Waals surface area (Å²) >= 11 is 0. The number of nitrogens with zero attached hydrogens (tertiary/aromatic N) is 2. The summed E-state index contributed by atoms with van der Waals surface area (Å²) in [6, 6.07) is 0. The highest BCUT2D eigenvalue weighted by Gasteiger charge is 1.90. The molecule has 0 saturated heterocycles. The zero-order valence-corrected chi connectivity index (χ0v) is 9.43. The molecule has 16 heavy (non-hydrogen) atoms. The van der Waals surface area contributed by atoms with E-state index < -0.39 is 6.09 Å². The van der Waals surface area contributed by atoms with Crippen LogP contribution in [-0.2, 0) is 4.74 Å². The summed E-state index contributed by atoms with van der Waals surface area (Å²) in [5.41, 5.74) is 12.3. The van der Waals surface area contributed by atoms with Gasteiger partial charge in [0.25, 0.3) is 0 Å². The molecule has 7 N–H and O–H groups in total. The summed E-state index contributed by atoms with van der Waals surface area (Å²) < 4.78 is 4.24. The van der Waals surface area contributed by atoms with Gasteiger partial charge in [-0.3, -0.25) is 0 Å². The van der Waals surface area contributed by atoms with Crippen molar-refractivity contribution in [2.45, 2.75) is 12.8 Å². The second kappa shape index (κ2) is 15.8. The van der Waals surface area contributed by atoms with Gasteiger partial charge in [0.15, 0.2) is 0 Å². The number of nitrogens with two attached hydrogens (primary N) is 3. The Morgan fingerprint density at radius 2 is 1.88 bits per heavy atom. The number of hydrogen-bond acceptors (Lipinski definition) is 7. The molecule has 0 saturated carbocycles. The lowest BCUT2D eigenvalue weighted by Gasteiger charge is -1.93. The van der Waals surface area contributed by atoms with E-state index in [0.717, 1.165) is 6.42 Å². The zero-order valence-electron chi connectivity index (χ0n) is 9.43. The summed E-state index contributed by atoms with van der Waals surface area (Å²) in [5, 5.41) is 6.72. The molecule has 0 fully saturated rings. The Kier molecular flexibility index (Phi) is 16.5. The van der Waals surface area contributed by atoms with Gasteiger partial charge >= 0.3 is 6.09 Å². The standard InChI is InChI=1S/C5H11N3O2.C3H9N3/c1-10-5(9)8-7-4-2-3-6;4-2-1-3-6-5/h4H,2-3,6H2,1H3,(H,8,9);3H,1-2,4-5H2/b7-4+;6-3+. The summed E-state index contributed by atoms with van der Waals surface area (Å²) in [6.45, 7) is 1.15. The maximum Gasteiger partial charge on any atom is 0.427 e. The fraction of sp³-hybridized carbons (Fsp3) is 0.625. The SMILES string of the molecule is COC(=O)N/N=C/CCN.NCC/C=N/N. The van der Waals surface area contributed by atoms with Gasteiger partial charge in [-0.2, -0.15) is 10.2 Å². The van der Waals surface area contributed by atoms with Crippen molar-refractivity contribution in [2.75, 3.05) is 20.2 Å². The molecular weight excluding hydrogens is 212 g/mol. The van der Waals surface area contributed by atoms with E-state index in [1.807, 2.05) is 0 Å². The van der Waals surface area contributed by atoms with Crippen LogP contribution in [-0.4, -0.2) is 38.7 Å². The Labute approximate surface area is 94.9 Å². The third-order valence-electron chi connectivity index (χ3n) is 1.13. The summed E-state index contributed by atoms with van der Waals surface area (Å²) in [6.07, 6.45) is 3.94. The van der Waals surface area contributed by atoms with Crippen LogP contribution in [0.1, 0.15) is 12.8 Å². The van der Waals surface area contributed by atoms with Crippen LogP contribution >= 0.6 is 0 Å². The Balaban J connectivity index is 0. The van der Waals surface area contributed by atoms with E-state index in [2.05, 4.69) is 20.4 Å². The molecular formula is C8H20N6O2. The molecule has 94 valence electrons. The van der Waals surface area contributed by atoms with Gasteiger partial charge in [-0.15, -0.1) is 0 Å². The van der Waals surface area contributed by atoms with Gasteiger partial charge in [0.1, 0.15) is 0 Å². The average Bonchev–Trinajstić information content (AvgIpc) is 2.32. The first-order chi connectivity index (χ1) is 7.72. The van der Waals surface area contributed by atoms with Crippen LogP contribution in [0.25, 0.3) is 0 Å². The van der Waals surface area contributed by atoms with Crippen LogP contribution in [0, 0.1) is 0 Å². The number of hydrogen-bond donors (Lipinski definition) is 4. The molecule has 0 rings (SSSR count). The molecule has 8 nitrogen and oxygen atoms in total. The lowest BCUT2D eigenvalue weighted by Crippen LogP contribution is -2.16. The number of rotatable bonds is 5. The van der Waals surface area contributed by atoms with Gasteiger partial charge in [0, 0.05) is 12.4 Å². The van der Waals surface area contributed by atoms with E-state index >= 15 is 0 Å². The topological polar surface area (TPSA) is 141 Å². The Bertz CT molecular complexity index is 207. The largest absolute Gasteiger partial charge is 0.452 e. The van der Waals surface area contributed by atoms with Gasteiger partial charge in [0.2, 0.25) is 0 Å². The van der Waals surface area contributed by atoms with Crippen molar-refractivity contribution in [2.24, 2.45) is 27.5 Å². The molecule has 0 aromatic rings. The first kappa shape index (κ1) is 16.7. The molecule has 0 aromatic heterocycles. The molecule has 0 aliphatic rings. The highest BCUT2D eigenvalue weighted by molar-refractivity contribution is 5.68. The van der Waals surface area contributed by atoms with Crippen molar-refractivity contribution in [3.05, 3.63) is 0 Å². The fourth-order valence-electron chi connectivity index (χ4n) is 0.432. The smallest absolute Gasteiger partial charge is 0.427 e. The molecule has 0 heterocycles. The minimum atomic E-state index is -0.576. The van der Waals surface area contributed by atoms with E-state index in [4.69, 9.17) is 17.3 Å². The van der Waals surface area contributed by atoms with Gasteiger partial charge in [-0.25, -0.2) is 10.2 Å². The van der Waals surface area contributed by atoms with Gasteiger partial charge in [-0.1, -0.05) is 0 Å². The average molecular weight is 232 g/mol. The van der Waals surface area contributed by atoms with Crippen LogP contribution in [0.4, 0.5) is 4.79 Å². The second-order valence-corrected chi connectivity index (χ2v) is 2.40. The fourth-order valence-corrected chi connectivity index (χ4v) is 0.432. The second-order valence-electron chi connectivity index (χ2n) is 2.40. The van der Waals surface area contributed by atoms with Gasteiger partial charge in [0.05, 0.1) is 7.11 Å². The lowest BCUT2D eigenvalue weighted by atomic mass is 10.5. The number of hydrazone groups is 2. The highest BCUT2D eigenvalue weighted by atomic mass is 16.5. The molecule has 8 heteroatoms. The molecule has 0 spiro atoms. The van der Waals surface area contributed by atoms with Crippen molar-refractivity contribution in [1.29, 1.82) is 0 Å². The number of ether oxygens (including phenoxy) is 1. The van der Waals surface area contributed by atoms with Crippen molar-refractivity contribution in [1.82, 2.24) is 5.43 Å². The maximum absolute atomic E-state index is 10.3. The van der Waals surface area contributed by atoms with Crippen molar-refractivity contribution >= 4 is 18.5 Å². The van der Waals surface area contributed by atoms with Crippen LogP contribution in [0.3, 0.4) is 0 Å². The van der Waals surface area contributed by atoms with Crippen molar-refractivity contribution < 1.29 is 9.53 Å². The Morgan fingerprint density at radius 3 is 2.25 bits per heavy atom.